The third-order valence-corrected chi connectivity index (χ3v) is 3.71. The van der Waals surface area contributed by atoms with Crippen LogP contribution >= 0.6 is 0 Å². The van der Waals surface area contributed by atoms with Gasteiger partial charge in [-0.2, -0.15) is 0 Å². The molecule has 0 aliphatic carbocycles. The maximum Gasteiger partial charge on any atom is 0.354 e. The highest BCUT2D eigenvalue weighted by Gasteiger charge is 2.14. The van der Waals surface area contributed by atoms with Crippen LogP contribution in [0.4, 0.5) is 0 Å². The van der Waals surface area contributed by atoms with Crippen molar-refractivity contribution in [3.05, 3.63) is 59.4 Å². The van der Waals surface area contributed by atoms with Gasteiger partial charge in [-0.15, -0.1) is 0 Å². The average molecular weight is 285 g/mol. The fourth-order valence-electron chi connectivity index (χ4n) is 2.51. The molecule has 2 aromatic rings. The minimum absolute atomic E-state index is 0.253. The van der Waals surface area contributed by atoms with Gasteiger partial charge in [0.1, 0.15) is 5.69 Å². The highest BCUT2D eigenvalue weighted by molar-refractivity contribution is 5.87. The molecule has 0 spiro atoms. The molecule has 0 bridgehead atoms. The summed E-state index contributed by atoms with van der Waals surface area (Å²) in [7, 11) is 1.43. The second-order valence-corrected chi connectivity index (χ2v) is 5.19. The van der Waals surface area contributed by atoms with Crippen LogP contribution in [0.1, 0.15) is 41.5 Å². The van der Waals surface area contributed by atoms with E-state index in [-0.39, 0.29) is 5.97 Å². The number of hydrogen-bond acceptors (Lipinski definition) is 2. The molecule has 112 valence electrons. The van der Waals surface area contributed by atoms with Gasteiger partial charge >= 0.3 is 5.97 Å². The smallest absolute Gasteiger partial charge is 0.354 e. The first-order valence-corrected chi connectivity index (χ1v) is 7.57. The van der Waals surface area contributed by atoms with Crippen molar-refractivity contribution in [3.63, 3.8) is 0 Å². The van der Waals surface area contributed by atoms with E-state index in [0.717, 1.165) is 32.2 Å². The molecule has 3 heteroatoms. The topological polar surface area (TPSA) is 31.2 Å². The summed E-state index contributed by atoms with van der Waals surface area (Å²) in [5.41, 5.74) is 3.18. The molecule has 0 saturated carbocycles. The summed E-state index contributed by atoms with van der Waals surface area (Å²) < 4.78 is 6.98. The van der Waals surface area contributed by atoms with Crippen LogP contribution in [-0.2, 0) is 24.1 Å². The van der Waals surface area contributed by atoms with Crippen molar-refractivity contribution < 1.29 is 9.53 Å². The minimum Gasteiger partial charge on any atom is -0.464 e. The SMILES string of the molecule is CCCCn1c(CCc2ccccc2)ccc1C(=O)OC. The molecule has 0 radical (unpaired) electrons. The summed E-state index contributed by atoms with van der Waals surface area (Å²) in [6.07, 6.45) is 4.09. The number of unbranched alkanes of at least 4 members (excludes halogenated alkanes) is 1. The number of rotatable bonds is 7. The third kappa shape index (κ3) is 3.97. The number of hydrogen-bond donors (Lipinski definition) is 0. The summed E-state index contributed by atoms with van der Waals surface area (Å²) in [5, 5.41) is 0. The summed E-state index contributed by atoms with van der Waals surface area (Å²) in [6.45, 7) is 3.03. The van der Waals surface area contributed by atoms with Gasteiger partial charge in [-0.1, -0.05) is 43.7 Å². The molecule has 21 heavy (non-hydrogen) atoms. The Morgan fingerprint density at radius 2 is 1.86 bits per heavy atom. The molecule has 0 aliphatic heterocycles. The highest BCUT2D eigenvalue weighted by Crippen LogP contribution is 2.15. The molecule has 0 saturated heterocycles. The number of methoxy groups -OCH3 is 1. The standard InChI is InChI=1S/C18H23NO2/c1-3-4-14-19-16(12-13-17(19)18(20)21-2)11-10-15-8-6-5-7-9-15/h5-9,12-13H,3-4,10-11,14H2,1-2H3. The van der Waals surface area contributed by atoms with Crippen LogP contribution in [0.3, 0.4) is 0 Å². The number of aryl methyl sites for hydroxylation is 2. The lowest BCUT2D eigenvalue weighted by molar-refractivity contribution is 0.0588. The first-order chi connectivity index (χ1) is 10.3. The first kappa shape index (κ1) is 15.4. The van der Waals surface area contributed by atoms with Gasteiger partial charge in [0, 0.05) is 12.2 Å². The average Bonchev–Trinajstić information content (AvgIpc) is 2.94. The number of ether oxygens (including phenoxy) is 1. The molecular weight excluding hydrogens is 262 g/mol. The van der Waals surface area contributed by atoms with E-state index < -0.39 is 0 Å². The van der Waals surface area contributed by atoms with Crippen molar-refractivity contribution >= 4 is 5.97 Å². The van der Waals surface area contributed by atoms with Gasteiger partial charge in [-0.3, -0.25) is 0 Å². The van der Waals surface area contributed by atoms with Crippen molar-refractivity contribution in [2.75, 3.05) is 7.11 Å². The number of aromatic nitrogens is 1. The maximum absolute atomic E-state index is 11.8. The Bertz CT molecular complexity index is 572. The van der Waals surface area contributed by atoms with E-state index in [1.54, 1.807) is 0 Å². The van der Waals surface area contributed by atoms with Gasteiger partial charge in [0.2, 0.25) is 0 Å². The maximum atomic E-state index is 11.8. The van der Waals surface area contributed by atoms with Crippen LogP contribution in [-0.4, -0.2) is 17.6 Å². The van der Waals surface area contributed by atoms with Crippen molar-refractivity contribution in [3.8, 4) is 0 Å². The van der Waals surface area contributed by atoms with E-state index in [2.05, 4.69) is 35.8 Å². The number of carbonyl (C=O) groups is 1. The molecule has 1 aromatic heterocycles. The van der Waals surface area contributed by atoms with E-state index in [0.29, 0.717) is 5.69 Å². The Morgan fingerprint density at radius 1 is 1.10 bits per heavy atom. The van der Waals surface area contributed by atoms with Crippen molar-refractivity contribution in [2.45, 2.75) is 39.2 Å². The fourth-order valence-corrected chi connectivity index (χ4v) is 2.51. The van der Waals surface area contributed by atoms with Gasteiger partial charge in [0.25, 0.3) is 0 Å². The zero-order valence-electron chi connectivity index (χ0n) is 12.8. The monoisotopic (exact) mass is 285 g/mol. The molecule has 0 N–H and O–H groups in total. The highest BCUT2D eigenvalue weighted by atomic mass is 16.5. The largest absolute Gasteiger partial charge is 0.464 e. The molecule has 0 unspecified atom stereocenters. The van der Waals surface area contributed by atoms with Gasteiger partial charge in [0.05, 0.1) is 7.11 Å². The van der Waals surface area contributed by atoms with Crippen LogP contribution in [0.15, 0.2) is 42.5 Å². The Morgan fingerprint density at radius 3 is 2.52 bits per heavy atom. The van der Waals surface area contributed by atoms with Crippen LogP contribution in [0.2, 0.25) is 0 Å². The molecule has 0 atom stereocenters. The molecule has 0 aliphatic rings. The normalized spacial score (nSPS) is 10.6. The third-order valence-electron chi connectivity index (χ3n) is 3.71. The number of carbonyl (C=O) groups excluding carboxylic acids is 1. The van der Waals surface area contributed by atoms with Crippen molar-refractivity contribution in [1.29, 1.82) is 0 Å². The van der Waals surface area contributed by atoms with E-state index in [9.17, 15) is 4.79 Å². The van der Waals surface area contributed by atoms with Crippen LogP contribution in [0.5, 0.6) is 0 Å². The Kier molecular flexibility index (Phi) is 5.61. The summed E-state index contributed by atoms with van der Waals surface area (Å²) in [6, 6.07) is 14.4. The molecule has 3 nitrogen and oxygen atoms in total. The first-order valence-electron chi connectivity index (χ1n) is 7.57. The van der Waals surface area contributed by atoms with E-state index in [1.165, 1.54) is 18.4 Å². The van der Waals surface area contributed by atoms with E-state index >= 15 is 0 Å². The van der Waals surface area contributed by atoms with E-state index in [4.69, 9.17) is 4.74 Å². The molecule has 1 heterocycles. The summed E-state index contributed by atoms with van der Waals surface area (Å²) in [4.78, 5) is 11.8. The lowest BCUT2D eigenvalue weighted by Gasteiger charge is -2.12. The van der Waals surface area contributed by atoms with E-state index in [1.807, 2.05) is 18.2 Å². The summed E-state index contributed by atoms with van der Waals surface area (Å²) in [5.74, 6) is -0.253. The van der Waals surface area contributed by atoms with Gasteiger partial charge < -0.3 is 9.30 Å². The van der Waals surface area contributed by atoms with Gasteiger partial charge in [-0.05, 0) is 37.0 Å². The second-order valence-electron chi connectivity index (χ2n) is 5.19. The number of esters is 1. The Balaban J connectivity index is 2.14. The van der Waals surface area contributed by atoms with Crippen LogP contribution in [0, 0.1) is 0 Å². The Hall–Kier alpha value is -2.03. The van der Waals surface area contributed by atoms with Crippen LogP contribution in [0.25, 0.3) is 0 Å². The zero-order chi connectivity index (χ0) is 15.1. The molecule has 1 aromatic carbocycles. The lowest BCUT2D eigenvalue weighted by atomic mass is 10.1. The quantitative estimate of drug-likeness (QED) is 0.723. The van der Waals surface area contributed by atoms with Gasteiger partial charge in [0.15, 0.2) is 0 Å². The second kappa shape index (κ2) is 7.67. The fraction of sp³-hybridized carbons (Fsp3) is 0.389. The lowest BCUT2D eigenvalue weighted by Crippen LogP contribution is -2.13. The van der Waals surface area contributed by atoms with Crippen molar-refractivity contribution in [1.82, 2.24) is 4.57 Å². The summed E-state index contributed by atoms with van der Waals surface area (Å²) >= 11 is 0. The minimum atomic E-state index is -0.253. The molecular formula is C18H23NO2. The Labute approximate surface area is 126 Å². The predicted octanol–water partition coefficient (Wildman–Crippen LogP) is 3.86. The molecule has 0 fully saturated rings. The van der Waals surface area contributed by atoms with Crippen molar-refractivity contribution in [2.24, 2.45) is 0 Å². The predicted molar refractivity (Wildman–Crippen MR) is 84.5 cm³/mol. The molecule has 2 rings (SSSR count). The number of benzene rings is 1. The molecule has 0 amide bonds. The zero-order valence-corrected chi connectivity index (χ0v) is 12.8. The number of nitrogens with zero attached hydrogens (tertiary/aromatic N) is 1. The van der Waals surface area contributed by atoms with Gasteiger partial charge in [-0.25, -0.2) is 4.79 Å². The van der Waals surface area contributed by atoms with Crippen LogP contribution < -0.4 is 0 Å².